The highest BCUT2D eigenvalue weighted by Crippen LogP contribution is 2.03. The van der Waals surface area contributed by atoms with Gasteiger partial charge in [0.1, 0.15) is 6.17 Å². The molecule has 0 aromatic carbocycles. The molecule has 2 atom stereocenters. The molecule has 0 heterocycles. The highest BCUT2D eigenvalue weighted by molar-refractivity contribution is 5.75. The third-order valence-electron chi connectivity index (χ3n) is 3.98. The molecule has 0 bridgehead atoms. The number of nitrogens with one attached hydrogen (secondary N) is 2. The fourth-order valence-electron chi connectivity index (χ4n) is 2.14. The van der Waals surface area contributed by atoms with Gasteiger partial charge in [0.25, 0.3) is 0 Å². The van der Waals surface area contributed by atoms with E-state index in [2.05, 4.69) is 10.6 Å². The standard InChI is InChI=1S/C20H41FN2O6/c1-4-5-6-20(24)23-17-19(21)18(2)29-16-15-28-14-13-27-12-11-26-10-9-25-8-7-22-3/h18-19,22H,4-17H2,1-3H3,(H,23,24). The average Bonchev–Trinajstić information content (AvgIpc) is 2.72. The molecule has 0 radical (unpaired) electrons. The summed E-state index contributed by atoms with van der Waals surface area (Å²) in [5.74, 6) is -0.117. The van der Waals surface area contributed by atoms with E-state index in [4.69, 9.17) is 23.7 Å². The fraction of sp³-hybridized carbons (Fsp3) is 0.950. The van der Waals surface area contributed by atoms with E-state index < -0.39 is 12.3 Å². The molecule has 0 saturated carbocycles. The van der Waals surface area contributed by atoms with E-state index >= 15 is 0 Å². The van der Waals surface area contributed by atoms with E-state index in [0.29, 0.717) is 65.9 Å². The summed E-state index contributed by atoms with van der Waals surface area (Å²) >= 11 is 0. The summed E-state index contributed by atoms with van der Waals surface area (Å²) in [5, 5.41) is 5.59. The molecule has 0 aliphatic heterocycles. The Bertz CT molecular complexity index is 366. The second-order valence-electron chi connectivity index (χ2n) is 6.55. The fourth-order valence-corrected chi connectivity index (χ4v) is 2.14. The van der Waals surface area contributed by atoms with Crippen LogP contribution in [0.3, 0.4) is 0 Å². The highest BCUT2D eigenvalue weighted by Gasteiger charge is 2.17. The lowest BCUT2D eigenvalue weighted by Gasteiger charge is -2.18. The first kappa shape index (κ1) is 28.2. The second kappa shape index (κ2) is 21.9. The van der Waals surface area contributed by atoms with Gasteiger partial charge in [0, 0.05) is 13.0 Å². The number of hydrogen-bond donors (Lipinski definition) is 2. The Kier molecular flexibility index (Phi) is 21.2. The lowest BCUT2D eigenvalue weighted by atomic mass is 10.2. The first-order chi connectivity index (χ1) is 14.1. The number of carbonyl (C=O) groups excluding carboxylic acids is 1. The molecule has 0 aliphatic rings. The summed E-state index contributed by atoms with van der Waals surface area (Å²) in [4.78, 5) is 11.5. The third-order valence-corrected chi connectivity index (χ3v) is 3.98. The van der Waals surface area contributed by atoms with Crippen molar-refractivity contribution in [2.75, 3.05) is 79.6 Å². The molecular formula is C20H41FN2O6. The number of hydrogen-bond acceptors (Lipinski definition) is 7. The van der Waals surface area contributed by atoms with Crippen LogP contribution in [0.25, 0.3) is 0 Å². The van der Waals surface area contributed by atoms with Gasteiger partial charge in [0.15, 0.2) is 0 Å². The molecule has 0 saturated heterocycles. The number of amides is 1. The predicted octanol–water partition coefficient (Wildman–Crippen LogP) is 1.32. The van der Waals surface area contributed by atoms with Crippen molar-refractivity contribution < 1.29 is 32.9 Å². The van der Waals surface area contributed by atoms with Gasteiger partial charge in [0.2, 0.25) is 5.91 Å². The third kappa shape index (κ3) is 20.2. The normalized spacial score (nSPS) is 13.4. The largest absolute Gasteiger partial charge is 0.378 e. The topological polar surface area (TPSA) is 87.3 Å². The Morgan fingerprint density at radius 1 is 0.897 bits per heavy atom. The van der Waals surface area contributed by atoms with Crippen LogP contribution in [0.15, 0.2) is 0 Å². The van der Waals surface area contributed by atoms with Crippen molar-refractivity contribution in [1.29, 1.82) is 0 Å². The van der Waals surface area contributed by atoms with Gasteiger partial charge in [-0.15, -0.1) is 0 Å². The van der Waals surface area contributed by atoms with Crippen LogP contribution in [0.2, 0.25) is 0 Å². The van der Waals surface area contributed by atoms with Gasteiger partial charge in [-0.3, -0.25) is 4.79 Å². The molecule has 0 rings (SSSR count). The average molecular weight is 425 g/mol. The van der Waals surface area contributed by atoms with Crippen molar-refractivity contribution in [3.63, 3.8) is 0 Å². The highest BCUT2D eigenvalue weighted by atomic mass is 19.1. The summed E-state index contributed by atoms with van der Waals surface area (Å²) in [6, 6.07) is 0. The van der Waals surface area contributed by atoms with Crippen LogP contribution >= 0.6 is 0 Å². The zero-order valence-corrected chi connectivity index (χ0v) is 18.4. The van der Waals surface area contributed by atoms with Gasteiger partial charge < -0.3 is 34.3 Å². The molecule has 0 fully saturated rings. The predicted molar refractivity (Wildman–Crippen MR) is 110 cm³/mol. The molecule has 0 aromatic heterocycles. The van der Waals surface area contributed by atoms with Crippen molar-refractivity contribution in [1.82, 2.24) is 10.6 Å². The maximum atomic E-state index is 13.9. The van der Waals surface area contributed by atoms with Crippen LogP contribution in [-0.4, -0.2) is 97.8 Å². The quantitative estimate of drug-likeness (QED) is 0.254. The van der Waals surface area contributed by atoms with E-state index in [9.17, 15) is 9.18 Å². The lowest BCUT2D eigenvalue weighted by Crippen LogP contribution is -2.36. The number of likely N-dealkylation sites (N-methyl/N-ethyl adjacent to an activating group) is 1. The lowest BCUT2D eigenvalue weighted by molar-refractivity contribution is -0.121. The molecule has 29 heavy (non-hydrogen) atoms. The Morgan fingerprint density at radius 3 is 1.93 bits per heavy atom. The van der Waals surface area contributed by atoms with Gasteiger partial charge in [-0.25, -0.2) is 4.39 Å². The van der Waals surface area contributed by atoms with Crippen molar-refractivity contribution in [2.45, 2.75) is 45.4 Å². The zero-order chi connectivity index (χ0) is 21.6. The van der Waals surface area contributed by atoms with Crippen molar-refractivity contribution in [3.05, 3.63) is 0 Å². The zero-order valence-electron chi connectivity index (χ0n) is 18.4. The molecule has 8 nitrogen and oxygen atoms in total. The molecule has 9 heteroatoms. The Balaban J connectivity index is 3.33. The second-order valence-corrected chi connectivity index (χ2v) is 6.55. The number of ether oxygens (including phenoxy) is 5. The minimum absolute atomic E-state index is 0.0252. The molecule has 1 amide bonds. The summed E-state index contributed by atoms with van der Waals surface area (Å²) in [5.41, 5.74) is 0. The molecule has 174 valence electrons. The summed E-state index contributed by atoms with van der Waals surface area (Å²) < 4.78 is 40.8. The van der Waals surface area contributed by atoms with Crippen LogP contribution in [0.4, 0.5) is 4.39 Å². The van der Waals surface area contributed by atoms with Crippen LogP contribution in [0.5, 0.6) is 0 Å². The van der Waals surface area contributed by atoms with E-state index in [-0.39, 0.29) is 12.5 Å². The molecule has 2 unspecified atom stereocenters. The molecule has 0 aromatic rings. The van der Waals surface area contributed by atoms with E-state index in [1.807, 2.05) is 14.0 Å². The first-order valence-electron chi connectivity index (χ1n) is 10.6. The molecule has 0 aliphatic carbocycles. The van der Waals surface area contributed by atoms with Crippen LogP contribution in [0, 0.1) is 0 Å². The van der Waals surface area contributed by atoms with Crippen LogP contribution in [-0.2, 0) is 28.5 Å². The number of rotatable bonds is 22. The maximum absolute atomic E-state index is 13.9. The Hall–Kier alpha value is -0.840. The smallest absolute Gasteiger partial charge is 0.220 e. The van der Waals surface area contributed by atoms with Crippen LogP contribution in [0.1, 0.15) is 33.1 Å². The van der Waals surface area contributed by atoms with Gasteiger partial charge in [-0.1, -0.05) is 13.3 Å². The number of unbranched alkanes of at least 4 members (excludes halogenated alkanes) is 1. The molecule has 2 N–H and O–H groups in total. The van der Waals surface area contributed by atoms with Gasteiger partial charge in [0.05, 0.1) is 72.1 Å². The molecule has 0 spiro atoms. The van der Waals surface area contributed by atoms with E-state index in [0.717, 1.165) is 19.4 Å². The minimum Gasteiger partial charge on any atom is -0.378 e. The Morgan fingerprint density at radius 2 is 1.41 bits per heavy atom. The summed E-state index contributed by atoms with van der Waals surface area (Å²) in [6.07, 6.45) is 0.358. The summed E-state index contributed by atoms with van der Waals surface area (Å²) in [6.45, 7) is 8.86. The van der Waals surface area contributed by atoms with Gasteiger partial charge in [-0.2, -0.15) is 0 Å². The van der Waals surface area contributed by atoms with Crippen molar-refractivity contribution in [3.8, 4) is 0 Å². The van der Waals surface area contributed by atoms with Crippen LogP contribution < -0.4 is 10.6 Å². The number of carbonyl (C=O) groups is 1. The van der Waals surface area contributed by atoms with E-state index in [1.54, 1.807) is 6.92 Å². The van der Waals surface area contributed by atoms with Gasteiger partial charge >= 0.3 is 0 Å². The van der Waals surface area contributed by atoms with Crippen molar-refractivity contribution >= 4 is 5.91 Å². The van der Waals surface area contributed by atoms with Gasteiger partial charge in [-0.05, 0) is 20.4 Å². The monoisotopic (exact) mass is 424 g/mol. The SMILES string of the molecule is CCCCC(=O)NCC(F)C(C)OCCOCCOCCOCCOCCNC. The summed E-state index contributed by atoms with van der Waals surface area (Å²) in [7, 11) is 1.88. The van der Waals surface area contributed by atoms with Crippen molar-refractivity contribution in [2.24, 2.45) is 0 Å². The molecular weight excluding hydrogens is 383 g/mol. The minimum atomic E-state index is -1.24. The first-order valence-corrected chi connectivity index (χ1v) is 10.6. The maximum Gasteiger partial charge on any atom is 0.220 e. The number of alkyl halides is 1. The van der Waals surface area contributed by atoms with E-state index in [1.165, 1.54) is 0 Å². The Labute approximate surface area is 175 Å². The number of halogens is 1.